The molecule has 1 saturated heterocycles. The molecule has 2 rings (SSSR count). The lowest BCUT2D eigenvalue weighted by Gasteiger charge is -2.34. The molecule has 3 N–H and O–H groups in total. The highest BCUT2D eigenvalue weighted by molar-refractivity contribution is 5.43. The normalized spacial score (nSPS) is 19.6. The van der Waals surface area contributed by atoms with E-state index in [1.165, 1.54) is 31.2 Å². The highest BCUT2D eigenvalue weighted by atomic mass is 16.5. The van der Waals surface area contributed by atoms with Gasteiger partial charge < -0.3 is 25.1 Å². The summed E-state index contributed by atoms with van der Waals surface area (Å²) in [5.74, 6) is 2.52. The second-order valence-electron chi connectivity index (χ2n) is 9.85. The fourth-order valence-corrected chi connectivity index (χ4v) is 4.99. The average molecular weight is 465 g/mol. The Morgan fingerprint density at radius 2 is 1.94 bits per heavy atom. The molecule has 33 heavy (non-hydrogen) atoms. The van der Waals surface area contributed by atoms with Gasteiger partial charge in [0.25, 0.3) is 0 Å². The summed E-state index contributed by atoms with van der Waals surface area (Å²) in [5, 5.41) is 10.9. The predicted octanol–water partition coefficient (Wildman–Crippen LogP) is 4.62. The van der Waals surface area contributed by atoms with Crippen LogP contribution in [0.2, 0.25) is 0 Å². The molecule has 0 bridgehead atoms. The van der Waals surface area contributed by atoms with Gasteiger partial charge in [0.05, 0.1) is 26.0 Å². The Kier molecular flexibility index (Phi) is 12.5. The van der Waals surface area contributed by atoms with Crippen LogP contribution < -0.4 is 15.2 Å². The van der Waals surface area contributed by atoms with E-state index >= 15 is 0 Å². The molecule has 1 aromatic carbocycles. The van der Waals surface area contributed by atoms with Crippen LogP contribution in [0.4, 0.5) is 0 Å². The smallest absolute Gasteiger partial charge is 0.161 e. The zero-order valence-corrected chi connectivity index (χ0v) is 21.6. The third kappa shape index (κ3) is 8.75. The second kappa shape index (κ2) is 14.8. The number of hydrogen-bond donors (Lipinski definition) is 2. The van der Waals surface area contributed by atoms with Crippen molar-refractivity contribution in [3.63, 3.8) is 0 Å². The number of nitrogens with zero attached hydrogens (tertiary/aromatic N) is 1. The predicted molar refractivity (Wildman–Crippen MR) is 135 cm³/mol. The topological polar surface area (TPSA) is 77.2 Å². The van der Waals surface area contributed by atoms with Crippen LogP contribution in [-0.2, 0) is 11.2 Å². The average Bonchev–Trinajstić information content (AvgIpc) is 3.27. The van der Waals surface area contributed by atoms with Gasteiger partial charge in [-0.3, -0.25) is 4.90 Å². The highest BCUT2D eigenvalue weighted by Gasteiger charge is 2.32. The molecule has 1 aliphatic heterocycles. The minimum absolute atomic E-state index is 0.259. The fraction of sp³-hybridized carbons (Fsp3) is 0.778. The molecule has 0 unspecified atom stereocenters. The lowest BCUT2D eigenvalue weighted by molar-refractivity contribution is 0.0323. The van der Waals surface area contributed by atoms with Crippen LogP contribution in [0.15, 0.2) is 18.2 Å². The Hall–Kier alpha value is -1.34. The van der Waals surface area contributed by atoms with Crippen molar-refractivity contribution in [3.8, 4) is 11.5 Å². The van der Waals surface area contributed by atoms with Crippen LogP contribution in [0, 0.1) is 11.8 Å². The first-order valence-electron chi connectivity index (χ1n) is 12.9. The number of rotatable bonds is 16. The van der Waals surface area contributed by atoms with E-state index in [9.17, 15) is 5.11 Å². The lowest BCUT2D eigenvalue weighted by atomic mass is 9.84. The van der Waals surface area contributed by atoms with Gasteiger partial charge in [0, 0.05) is 32.7 Å². The van der Waals surface area contributed by atoms with E-state index in [1.54, 1.807) is 14.2 Å². The number of likely N-dealkylation sites (tertiary alicyclic amines) is 1. The molecule has 0 radical (unpaired) electrons. The number of aliphatic hydroxyl groups excluding tert-OH is 1. The van der Waals surface area contributed by atoms with Gasteiger partial charge in [-0.05, 0) is 68.1 Å². The molecule has 1 aromatic rings. The molecule has 0 spiro atoms. The standard InChI is InChI=1S/C27H48N2O4/c1-6-9-23-10-7-15-29(23)27(28)24(30)13-12-22(20(2)3)18-21-11-14-25(32-5)26(19-21)33-17-8-16-31-4/h11,14,19-20,22-24,27,30H,6-10,12-13,15-18,28H2,1-5H3/t22-,23+,24-,27-/m0/s1. The van der Waals surface area contributed by atoms with Crippen molar-refractivity contribution >= 4 is 0 Å². The minimum Gasteiger partial charge on any atom is -0.493 e. The van der Waals surface area contributed by atoms with E-state index in [0.717, 1.165) is 43.7 Å². The van der Waals surface area contributed by atoms with E-state index in [1.807, 2.05) is 6.07 Å². The van der Waals surface area contributed by atoms with Crippen LogP contribution in [-0.4, -0.2) is 62.3 Å². The van der Waals surface area contributed by atoms with Gasteiger partial charge in [-0.25, -0.2) is 0 Å². The molecule has 0 aromatic heterocycles. The second-order valence-corrected chi connectivity index (χ2v) is 9.85. The lowest BCUT2D eigenvalue weighted by Crippen LogP contribution is -2.52. The van der Waals surface area contributed by atoms with Crippen molar-refractivity contribution in [1.82, 2.24) is 4.90 Å². The van der Waals surface area contributed by atoms with Crippen molar-refractivity contribution in [1.29, 1.82) is 0 Å². The van der Waals surface area contributed by atoms with E-state index < -0.39 is 6.10 Å². The number of aliphatic hydroxyl groups is 1. The van der Waals surface area contributed by atoms with Crippen molar-refractivity contribution < 1.29 is 19.3 Å². The van der Waals surface area contributed by atoms with Crippen LogP contribution in [0.5, 0.6) is 11.5 Å². The molecular formula is C27H48N2O4. The van der Waals surface area contributed by atoms with Crippen LogP contribution in [0.3, 0.4) is 0 Å². The first kappa shape index (κ1) is 27.9. The Balaban J connectivity index is 1.95. The van der Waals surface area contributed by atoms with E-state index in [2.05, 4.69) is 37.8 Å². The van der Waals surface area contributed by atoms with E-state index in [0.29, 0.717) is 31.1 Å². The van der Waals surface area contributed by atoms with Gasteiger partial charge in [-0.1, -0.05) is 33.3 Å². The summed E-state index contributed by atoms with van der Waals surface area (Å²) in [7, 11) is 3.37. The van der Waals surface area contributed by atoms with Gasteiger partial charge in [-0.2, -0.15) is 0 Å². The first-order valence-corrected chi connectivity index (χ1v) is 12.9. The van der Waals surface area contributed by atoms with Crippen molar-refractivity contribution in [3.05, 3.63) is 23.8 Å². The van der Waals surface area contributed by atoms with Crippen molar-refractivity contribution in [2.24, 2.45) is 17.6 Å². The van der Waals surface area contributed by atoms with Gasteiger partial charge in [-0.15, -0.1) is 0 Å². The molecule has 4 atom stereocenters. The van der Waals surface area contributed by atoms with E-state index in [4.69, 9.17) is 19.9 Å². The Morgan fingerprint density at radius 1 is 1.15 bits per heavy atom. The summed E-state index contributed by atoms with van der Waals surface area (Å²) in [6.07, 6.45) is 7.45. The van der Waals surface area contributed by atoms with Crippen molar-refractivity contribution in [2.75, 3.05) is 34.0 Å². The molecule has 1 heterocycles. The van der Waals surface area contributed by atoms with Crippen LogP contribution in [0.1, 0.15) is 71.3 Å². The number of hydrogen-bond acceptors (Lipinski definition) is 6. The van der Waals surface area contributed by atoms with Gasteiger partial charge in [0.15, 0.2) is 11.5 Å². The van der Waals surface area contributed by atoms with E-state index in [-0.39, 0.29) is 6.17 Å². The highest BCUT2D eigenvalue weighted by Crippen LogP contribution is 2.32. The summed E-state index contributed by atoms with van der Waals surface area (Å²) in [6, 6.07) is 6.74. The zero-order valence-electron chi connectivity index (χ0n) is 21.6. The SMILES string of the molecule is CCC[C@@H]1CCCN1[C@H](N)[C@@H](O)CC[C@@H](Cc1ccc(OC)c(OCCCOC)c1)C(C)C. The Morgan fingerprint density at radius 3 is 2.61 bits per heavy atom. The fourth-order valence-electron chi connectivity index (χ4n) is 4.99. The van der Waals surface area contributed by atoms with Gasteiger partial charge >= 0.3 is 0 Å². The maximum atomic E-state index is 10.9. The first-order chi connectivity index (χ1) is 15.9. The monoisotopic (exact) mass is 464 g/mol. The Bertz CT molecular complexity index is 670. The number of methoxy groups -OCH3 is 2. The Labute approximate surface area is 201 Å². The summed E-state index contributed by atoms with van der Waals surface area (Å²) in [4.78, 5) is 2.34. The minimum atomic E-state index is -0.487. The quantitative estimate of drug-likeness (QED) is 0.348. The molecule has 1 aliphatic rings. The molecule has 6 heteroatoms. The van der Waals surface area contributed by atoms with Crippen molar-refractivity contribution in [2.45, 2.75) is 90.4 Å². The van der Waals surface area contributed by atoms with Gasteiger partial charge in [0.2, 0.25) is 0 Å². The molecule has 0 amide bonds. The molecule has 0 saturated carbocycles. The summed E-state index contributed by atoms with van der Waals surface area (Å²) in [6.45, 7) is 9.04. The number of nitrogens with two attached hydrogens (primary N) is 1. The third-order valence-corrected chi connectivity index (χ3v) is 7.07. The maximum Gasteiger partial charge on any atom is 0.161 e. The zero-order chi connectivity index (χ0) is 24.2. The summed E-state index contributed by atoms with van der Waals surface area (Å²) < 4.78 is 16.6. The largest absolute Gasteiger partial charge is 0.493 e. The summed E-state index contributed by atoms with van der Waals surface area (Å²) in [5.41, 5.74) is 7.75. The third-order valence-electron chi connectivity index (χ3n) is 7.07. The van der Waals surface area contributed by atoms with Gasteiger partial charge in [0.1, 0.15) is 0 Å². The summed E-state index contributed by atoms with van der Waals surface area (Å²) >= 11 is 0. The van der Waals surface area contributed by atoms with Crippen LogP contribution >= 0.6 is 0 Å². The molecule has 190 valence electrons. The molecule has 1 fully saturated rings. The number of ether oxygens (including phenoxy) is 3. The molecule has 0 aliphatic carbocycles. The molecular weight excluding hydrogens is 416 g/mol. The molecule has 6 nitrogen and oxygen atoms in total. The van der Waals surface area contributed by atoms with Crippen LogP contribution in [0.25, 0.3) is 0 Å². The maximum absolute atomic E-state index is 10.9. The number of benzene rings is 1.